The van der Waals surface area contributed by atoms with Gasteiger partial charge >= 0.3 is 11.9 Å². The molecule has 0 heterocycles. The number of aromatic carboxylic acids is 2. The van der Waals surface area contributed by atoms with Gasteiger partial charge in [-0.05, 0) is 12.1 Å². The van der Waals surface area contributed by atoms with Gasteiger partial charge in [-0.1, -0.05) is 0 Å². The summed E-state index contributed by atoms with van der Waals surface area (Å²) in [5, 5.41) is 28.0. The maximum Gasteiger partial charge on any atom is 0.342 e. The van der Waals surface area contributed by atoms with Crippen LogP contribution >= 0.6 is 12.6 Å². The molecule has 0 amide bonds. The lowest BCUT2D eigenvalue weighted by Gasteiger charge is -2.03. The van der Waals surface area contributed by atoms with E-state index in [0.717, 1.165) is 12.1 Å². The molecule has 0 unspecified atom stereocenters. The first-order valence-electron chi connectivity index (χ1n) is 3.82. The molecule has 7 nitrogen and oxygen atoms in total. The SMILES string of the molecule is O=C(O)c1cc(S)cc(C(=O)O)c1[N+](=O)[O-]. The largest absolute Gasteiger partial charge is 0.477 e. The van der Waals surface area contributed by atoms with Crippen molar-refractivity contribution < 1.29 is 24.7 Å². The summed E-state index contributed by atoms with van der Waals surface area (Å²) in [6.07, 6.45) is 0. The van der Waals surface area contributed by atoms with Crippen molar-refractivity contribution in [1.29, 1.82) is 0 Å². The van der Waals surface area contributed by atoms with Crippen molar-refractivity contribution in [2.75, 3.05) is 0 Å². The Bertz CT molecular complexity index is 462. The Morgan fingerprint density at radius 1 is 1.19 bits per heavy atom. The van der Waals surface area contributed by atoms with Gasteiger partial charge in [-0.25, -0.2) is 9.59 Å². The van der Waals surface area contributed by atoms with Crippen LogP contribution in [0.1, 0.15) is 20.7 Å². The number of carboxylic acid groups (broad SMARTS) is 2. The first-order valence-corrected chi connectivity index (χ1v) is 4.27. The van der Waals surface area contributed by atoms with Gasteiger partial charge in [-0.15, -0.1) is 12.6 Å². The monoisotopic (exact) mass is 243 g/mol. The maximum absolute atomic E-state index is 10.7. The number of hydrogen-bond donors (Lipinski definition) is 3. The molecule has 0 aliphatic heterocycles. The average Bonchev–Trinajstić information content (AvgIpc) is 2.15. The van der Waals surface area contributed by atoms with Crippen LogP contribution in [0.2, 0.25) is 0 Å². The fourth-order valence-electron chi connectivity index (χ4n) is 1.14. The summed E-state index contributed by atoms with van der Waals surface area (Å²) in [6, 6.07) is 1.85. The van der Waals surface area contributed by atoms with E-state index >= 15 is 0 Å². The third kappa shape index (κ3) is 2.11. The predicted octanol–water partition coefficient (Wildman–Crippen LogP) is 1.28. The Morgan fingerprint density at radius 2 is 1.56 bits per heavy atom. The van der Waals surface area contributed by atoms with Gasteiger partial charge in [0.05, 0.1) is 4.92 Å². The van der Waals surface area contributed by atoms with Crippen LogP contribution < -0.4 is 0 Å². The highest BCUT2D eigenvalue weighted by Crippen LogP contribution is 2.27. The second-order valence-corrected chi connectivity index (χ2v) is 3.27. The fraction of sp³-hybridized carbons (Fsp3) is 0. The number of carbonyl (C=O) groups is 2. The Labute approximate surface area is 93.9 Å². The maximum atomic E-state index is 10.7. The Balaban J connectivity index is 3.67. The number of nitro benzene ring substituents is 1. The van der Waals surface area contributed by atoms with Gasteiger partial charge in [0.1, 0.15) is 11.1 Å². The van der Waals surface area contributed by atoms with E-state index in [1.165, 1.54) is 0 Å². The van der Waals surface area contributed by atoms with Gasteiger partial charge in [-0.2, -0.15) is 0 Å². The zero-order chi connectivity index (χ0) is 12.5. The molecule has 0 aromatic heterocycles. The van der Waals surface area contributed by atoms with E-state index in [2.05, 4.69) is 12.6 Å². The molecule has 0 saturated heterocycles. The summed E-state index contributed by atoms with van der Waals surface area (Å²) >= 11 is 3.78. The molecule has 0 spiro atoms. The lowest BCUT2D eigenvalue weighted by atomic mass is 10.1. The van der Waals surface area contributed by atoms with Crippen molar-refractivity contribution in [3.63, 3.8) is 0 Å². The number of benzene rings is 1. The lowest BCUT2D eigenvalue weighted by Crippen LogP contribution is -2.09. The van der Waals surface area contributed by atoms with Crippen LogP contribution in [0.4, 0.5) is 5.69 Å². The standard InChI is InChI=1S/C8H5NO6S/c10-7(11)4-1-3(16)2-5(8(12)13)6(4)9(14)15/h1-2,16H,(H,10,11)(H,12,13). The number of thiol groups is 1. The van der Waals surface area contributed by atoms with E-state index in [1.54, 1.807) is 0 Å². The van der Waals surface area contributed by atoms with Crippen LogP contribution in [-0.2, 0) is 0 Å². The molecule has 0 aliphatic carbocycles. The summed E-state index contributed by atoms with van der Waals surface area (Å²) in [6.45, 7) is 0. The highest BCUT2D eigenvalue weighted by molar-refractivity contribution is 7.80. The van der Waals surface area contributed by atoms with Gasteiger partial charge in [0.25, 0.3) is 5.69 Å². The van der Waals surface area contributed by atoms with E-state index in [-0.39, 0.29) is 4.90 Å². The van der Waals surface area contributed by atoms with Gasteiger partial charge in [0.2, 0.25) is 0 Å². The third-order valence-electron chi connectivity index (χ3n) is 1.74. The summed E-state index contributed by atoms with van der Waals surface area (Å²) in [5.74, 6) is -3.16. The molecule has 0 radical (unpaired) electrons. The van der Waals surface area contributed by atoms with Crippen molar-refractivity contribution in [2.45, 2.75) is 4.90 Å². The molecule has 0 bridgehead atoms. The molecule has 1 aromatic rings. The van der Waals surface area contributed by atoms with Crippen LogP contribution in [0.25, 0.3) is 0 Å². The molecule has 84 valence electrons. The summed E-state index contributed by atoms with van der Waals surface area (Å²) in [4.78, 5) is 31.0. The second-order valence-electron chi connectivity index (χ2n) is 2.76. The second kappa shape index (κ2) is 4.19. The molecule has 0 saturated carbocycles. The number of rotatable bonds is 3. The third-order valence-corrected chi connectivity index (χ3v) is 2.00. The Morgan fingerprint density at radius 3 is 1.81 bits per heavy atom. The minimum Gasteiger partial charge on any atom is -0.477 e. The first-order chi connectivity index (χ1) is 7.34. The minimum absolute atomic E-state index is 0.0281. The highest BCUT2D eigenvalue weighted by atomic mass is 32.1. The smallest absolute Gasteiger partial charge is 0.342 e. The number of nitrogens with zero attached hydrogens (tertiary/aromatic N) is 1. The molecule has 0 aliphatic rings. The van der Waals surface area contributed by atoms with Gasteiger partial charge in [0, 0.05) is 4.90 Å². The molecular weight excluding hydrogens is 238 g/mol. The van der Waals surface area contributed by atoms with Crippen molar-refractivity contribution in [1.82, 2.24) is 0 Å². The topological polar surface area (TPSA) is 118 Å². The van der Waals surface area contributed by atoms with E-state index < -0.39 is 33.7 Å². The molecule has 1 rings (SSSR count). The number of nitro groups is 1. The zero-order valence-electron chi connectivity index (χ0n) is 7.58. The van der Waals surface area contributed by atoms with Crippen LogP contribution in [0.3, 0.4) is 0 Å². The summed E-state index contributed by atoms with van der Waals surface area (Å²) < 4.78 is 0. The zero-order valence-corrected chi connectivity index (χ0v) is 8.47. The Kier molecular flexibility index (Phi) is 3.14. The van der Waals surface area contributed by atoms with Crippen molar-refractivity contribution in [3.8, 4) is 0 Å². The summed E-state index contributed by atoms with van der Waals surface area (Å²) in [5.41, 5.74) is -2.34. The van der Waals surface area contributed by atoms with Gasteiger partial charge in [-0.3, -0.25) is 10.1 Å². The lowest BCUT2D eigenvalue weighted by molar-refractivity contribution is -0.385. The minimum atomic E-state index is -1.58. The first kappa shape index (κ1) is 12.0. The van der Waals surface area contributed by atoms with Crippen molar-refractivity contribution in [2.24, 2.45) is 0 Å². The fourth-order valence-corrected chi connectivity index (χ4v) is 1.40. The summed E-state index contributed by atoms with van der Waals surface area (Å²) in [7, 11) is 0. The molecule has 0 fully saturated rings. The van der Waals surface area contributed by atoms with E-state index in [4.69, 9.17) is 10.2 Å². The number of carboxylic acids is 2. The molecule has 16 heavy (non-hydrogen) atoms. The molecule has 0 atom stereocenters. The quantitative estimate of drug-likeness (QED) is 0.418. The van der Waals surface area contributed by atoms with Crippen LogP contribution in [0, 0.1) is 10.1 Å². The van der Waals surface area contributed by atoms with E-state index in [0.29, 0.717) is 0 Å². The van der Waals surface area contributed by atoms with Gasteiger partial charge < -0.3 is 10.2 Å². The molecule has 1 aromatic carbocycles. The van der Waals surface area contributed by atoms with Crippen LogP contribution in [-0.4, -0.2) is 27.1 Å². The van der Waals surface area contributed by atoms with Crippen molar-refractivity contribution in [3.05, 3.63) is 33.4 Å². The molecule has 8 heteroatoms. The normalized spacial score (nSPS) is 9.81. The van der Waals surface area contributed by atoms with Crippen LogP contribution in [0.5, 0.6) is 0 Å². The number of hydrogen-bond acceptors (Lipinski definition) is 5. The molecule has 2 N–H and O–H groups in total. The van der Waals surface area contributed by atoms with Crippen LogP contribution in [0.15, 0.2) is 17.0 Å². The van der Waals surface area contributed by atoms with E-state index in [1.807, 2.05) is 0 Å². The average molecular weight is 243 g/mol. The molecular formula is C8H5NO6S. The van der Waals surface area contributed by atoms with Gasteiger partial charge in [0.15, 0.2) is 0 Å². The van der Waals surface area contributed by atoms with Crippen molar-refractivity contribution >= 4 is 30.3 Å². The highest BCUT2D eigenvalue weighted by Gasteiger charge is 2.28. The van der Waals surface area contributed by atoms with E-state index in [9.17, 15) is 19.7 Å². The predicted molar refractivity (Wildman–Crippen MR) is 54.3 cm³/mol. The Hall–Kier alpha value is -2.09.